The summed E-state index contributed by atoms with van der Waals surface area (Å²) >= 11 is 0. The Kier molecular flexibility index (Phi) is 4.61. The molecule has 1 atom stereocenters. The summed E-state index contributed by atoms with van der Waals surface area (Å²) < 4.78 is 7.32. The Morgan fingerprint density at radius 3 is 2.62 bits per heavy atom. The number of hydrogen-bond acceptors (Lipinski definition) is 4. The zero-order valence-corrected chi connectivity index (χ0v) is 15.8. The molecule has 0 amide bonds. The summed E-state index contributed by atoms with van der Waals surface area (Å²) in [6.07, 6.45) is 0.419. The molecular formula is C20H24N2O4. The number of carbonyl (C=O) groups excluding carboxylic acids is 1. The number of hydrogen-bond donors (Lipinski definition) is 1. The molecular weight excluding hydrogens is 332 g/mol. The fraction of sp³-hybridized carbons (Fsp3) is 0.450. The zero-order chi connectivity index (χ0) is 19.2. The summed E-state index contributed by atoms with van der Waals surface area (Å²) in [4.78, 5) is 28.0. The predicted molar refractivity (Wildman–Crippen MR) is 98.5 cm³/mol. The van der Waals surface area contributed by atoms with E-state index < -0.39 is 11.9 Å². The molecule has 3 heterocycles. The molecule has 0 aliphatic carbocycles. The smallest absolute Gasteiger partial charge is 0.357 e. The van der Waals surface area contributed by atoms with E-state index in [-0.39, 0.29) is 19.1 Å². The van der Waals surface area contributed by atoms with E-state index in [0.29, 0.717) is 12.1 Å². The van der Waals surface area contributed by atoms with E-state index in [1.54, 1.807) is 6.92 Å². The molecule has 3 aliphatic rings. The Hall–Kier alpha value is -2.63. The first-order valence-corrected chi connectivity index (χ1v) is 8.88. The number of carbonyl (C=O) groups is 2. The third kappa shape index (κ3) is 2.69. The predicted octanol–water partition coefficient (Wildman–Crippen LogP) is 3.86. The van der Waals surface area contributed by atoms with Gasteiger partial charge in [0, 0.05) is 17.0 Å². The van der Waals surface area contributed by atoms with Gasteiger partial charge in [-0.25, -0.2) is 9.78 Å². The molecule has 6 nitrogen and oxygen atoms in total. The number of ether oxygens (including phenoxy) is 1. The SMILES string of the molecule is CCOC(=O)c1nc2cc3n(c(CCC(=O)O)c-2c1C)[C@@H](C)C(C)=C3C. The lowest BCUT2D eigenvalue weighted by Crippen LogP contribution is -2.14. The Bertz CT molecular complexity index is 907. The van der Waals surface area contributed by atoms with Crippen molar-refractivity contribution >= 4 is 17.5 Å². The number of carboxylic acid groups (broad SMARTS) is 1. The van der Waals surface area contributed by atoms with Crippen molar-refractivity contribution < 1.29 is 19.4 Å². The van der Waals surface area contributed by atoms with Crippen molar-refractivity contribution in [2.45, 2.75) is 53.5 Å². The molecule has 0 bridgehead atoms. The van der Waals surface area contributed by atoms with Crippen LogP contribution in [0.25, 0.3) is 16.8 Å². The molecule has 138 valence electrons. The van der Waals surface area contributed by atoms with Crippen LogP contribution in [0, 0.1) is 6.92 Å². The van der Waals surface area contributed by atoms with E-state index >= 15 is 0 Å². The second kappa shape index (κ2) is 6.59. The van der Waals surface area contributed by atoms with Crippen LogP contribution in [-0.2, 0) is 16.0 Å². The van der Waals surface area contributed by atoms with E-state index in [4.69, 9.17) is 4.74 Å². The monoisotopic (exact) mass is 356 g/mol. The molecule has 3 aliphatic heterocycles. The minimum Gasteiger partial charge on any atom is -0.481 e. The van der Waals surface area contributed by atoms with Crippen LogP contribution < -0.4 is 0 Å². The van der Waals surface area contributed by atoms with Gasteiger partial charge in [0.05, 0.1) is 24.8 Å². The van der Waals surface area contributed by atoms with Crippen molar-refractivity contribution in [2.75, 3.05) is 6.61 Å². The highest BCUT2D eigenvalue weighted by atomic mass is 16.5. The summed E-state index contributed by atoms with van der Waals surface area (Å²) in [6, 6.07) is 2.15. The minimum atomic E-state index is -0.841. The van der Waals surface area contributed by atoms with Crippen molar-refractivity contribution in [3.05, 3.63) is 34.3 Å². The van der Waals surface area contributed by atoms with Crippen molar-refractivity contribution in [3.63, 3.8) is 0 Å². The Morgan fingerprint density at radius 2 is 2.00 bits per heavy atom. The molecule has 0 aromatic carbocycles. The molecule has 3 rings (SSSR count). The lowest BCUT2D eigenvalue weighted by molar-refractivity contribution is -0.137. The second-order valence-corrected chi connectivity index (χ2v) is 6.79. The highest BCUT2D eigenvalue weighted by Crippen LogP contribution is 2.43. The third-order valence-corrected chi connectivity index (χ3v) is 5.37. The van der Waals surface area contributed by atoms with E-state index in [1.807, 2.05) is 13.0 Å². The van der Waals surface area contributed by atoms with Gasteiger partial charge in [0.15, 0.2) is 5.69 Å². The Labute approximate surface area is 152 Å². The topological polar surface area (TPSA) is 81.4 Å². The average Bonchev–Trinajstić information content (AvgIpc) is 3.03. The summed E-state index contributed by atoms with van der Waals surface area (Å²) in [7, 11) is 0. The van der Waals surface area contributed by atoms with E-state index in [9.17, 15) is 14.7 Å². The molecule has 26 heavy (non-hydrogen) atoms. The van der Waals surface area contributed by atoms with Crippen LogP contribution in [-0.4, -0.2) is 33.2 Å². The maximum Gasteiger partial charge on any atom is 0.357 e. The molecule has 0 aromatic rings. The first-order chi connectivity index (χ1) is 12.3. The number of carboxylic acids is 1. The van der Waals surface area contributed by atoms with Crippen LogP contribution in [0.1, 0.15) is 67.6 Å². The van der Waals surface area contributed by atoms with Crippen LogP contribution in [0.5, 0.6) is 0 Å². The van der Waals surface area contributed by atoms with E-state index in [1.165, 1.54) is 11.1 Å². The minimum absolute atomic E-state index is 0.0305. The van der Waals surface area contributed by atoms with Gasteiger partial charge in [0.1, 0.15) is 0 Å². The molecule has 0 aromatic heterocycles. The van der Waals surface area contributed by atoms with Crippen molar-refractivity contribution in [3.8, 4) is 11.3 Å². The van der Waals surface area contributed by atoms with Gasteiger partial charge in [-0.2, -0.15) is 0 Å². The van der Waals surface area contributed by atoms with Crippen LogP contribution in [0.4, 0.5) is 0 Å². The number of fused-ring (bicyclic) bond motifs is 2. The van der Waals surface area contributed by atoms with Gasteiger partial charge in [-0.05, 0) is 63.8 Å². The largest absolute Gasteiger partial charge is 0.481 e. The molecule has 0 unspecified atom stereocenters. The zero-order valence-electron chi connectivity index (χ0n) is 15.8. The van der Waals surface area contributed by atoms with Crippen LogP contribution in [0.2, 0.25) is 0 Å². The Morgan fingerprint density at radius 1 is 1.31 bits per heavy atom. The van der Waals surface area contributed by atoms with Gasteiger partial charge in [-0.1, -0.05) is 0 Å². The third-order valence-electron chi connectivity index (χ3n) is 5.37. The first kappa shape index (κ1) is 18.2. The highest BCUT2D eigenvalue weighted by Gasteiger charge is 2.31. The number of rotatable bonds is 5. The summed E-state index contributed by atoms with van der Waals surface area (Å²) in [5, 5.41) is 9.19. The molecule has 0 saturated carbocycles. The van der Waals surface area contributed by atoms with Crippen LogP contribution in [0.15, 0.2) is 11.6 Å². The summed E-state index contributed by atoms with van der Waals surface area (Å²) in [5.41, 5.74) is 7.05. The number of aromatic nitrogens is 2. The maximum atomic E-state index is 12.3. The fourth-order valence-electron chi connectivity index (χ4n) is 3.81. The molecule has 0 saturated heterocycles. The lowest BCUT2D eigenvalue weighted by Gasteiger charge is -2.22. The number of aliphatic carboxylic acids is 1. The molecule has 0 spiro atoms. The van der Waals surface area contributed by atoms with Crippen LogP contribution in [0.3, 0.4) is 0 Å². The van der Waals surface area contributed by atoms with Crippen molar-refractivity contribution in [1.29, 1.82) is 0 Å². The van der Waals surface area contributed by atoms with Gasteiger partial charge in [-0.15, -0.1) is 0 Å². The van der Waals surface area contributed by atoms with Gasteiger partial charge in [-0.3, -0.25) is 4.79 Å². The van der Waals surface area contributed by atoms with Gasteiger partial charge in [0.2, 0.25) is 0 Å². The highest BCUT2D eigenvalue weighted by molar-refractivity contribution is 5.94. The number of esters is 1. The summed E-state index contributed by atoms with van der Waals surface area (Å²) in [6.45, 7) is 10.2. The van der Waals surface area contributed by atoms with E-state index in [2.05, 4.69) is 30.3 Å². The van der Waals surface area contributed by atoms with Crippen molar-refractivity contribution in [1.82, 2.24) is 9.55 Å². The molecule has 0 fully saturated rings. The normalized spacial score (nSPS) is 16.3. The maximum absolute atomic E-state index is 12.3. The number of pyridine rings is 1. The average molecular weight is 356 g/mol. The van der Waals surface area contributed by atoms with Crippen LogP contribution >= 0.6 is 0 Å². The van der Waals surface area contributed by atoms with Gasteiger partial charge >= 0.3 is 11.9 Å². The molecule has 6 heteroatoms. The second-order valence-electron chi connectivity index (χ2n) is 6.79. The standard InChI is InChI=1S/C20H24N2O4/c1-6-26-20(25)19-12(4)18-14(21-19)9-16-11(3)10(2)13(5)22(16)15(18)7-8-17(23)24/h9,13H,6-8H2,1-5H3,(H,23,24)/t13-/m0/s1. The summed E-state index contributed by atoms with van der Waals surface area (Å²) in [5.74, 6) is -1.28. The Balaban J connectivity index is 2.27. The van der Waals surface area contributed by atoms with Gasteiger partial charge in [0.25, 0.3) is 0 Å². The number of allylic oxidation sites excluding steroid dienone is 2. The molecule has 0 radical (unpaired) electrons. The van der Waals surface area contributed by atoms with Gasteiger partial charge < -0.3 is 14.4 Å². The molecule has 1 N–H and O–H groups in total. The first-order valence-electron chi connectivity index (χ1n) is 8.88. The number of nitrogens with zero attached hydrogens (tertiary/aromatic N) is 2. The quantitative estimate of drug-likeness (QED) is 0.823. The van der Waals surface area contributed by atoms with E-state index in [0.717, 1.165) is 28.2 Å². The van der Waals surface area contributed by atoms with Crippen molar-refractivity contribution in [2.24, 2.45) is 0 Å². The fourth-order valence-corrected chi connectivity index (χ4v) is 3.81. The lowest BCUT2D eigenvalue weighted by atomic mass is 9.99.